The standard InChI is InChI=1S/C39H83N3/c1-5-9-13-17-21-25-33-41(34-26-22-18-14-10-6-2)37-30-39(29-32-40)31-38-42(35-27-23-19-15-11-7-3)36-28-24-20-16-12-8-4/h39H,5-38,40H2,1-4H3. The molecule has 0 spiro atoms. The lowest BCUT2D eigenvalue weighted by Crippen LogP contribution is -2.31. The topological polar surface area (TPSA) is 32.5 Å². The molecule has 0 saturated carbocycles. The van der Waals surface area contributed by atoms with Crippen molar-refractivity contribution in [3.8, 4) is 0 Å². The van der Waals surface area contributed by atoms with Crippen molar-refractivity contribution >= 4 is 0 Å². The summed E-state index contributed by atoms with van der Waals surface area (Å²) in [7, 11) is 0. The van der Waals surface area contributed by atoms with Crippen molar-refractivity contribution in [2.24, 2.45) is 11.7 Å². The molecule has 0 aliphatic heterocycles. The molecule has 0 amide bonds. The first kappa shape index (κ1) is 41.9. The predicted molar refractivity (Wildman–Crippen MR) is 193 cm³/mol. The number of nitrogens with zero attached hydrogens (tertiary/aromatic N) is 2. The van der Waals surface area contributed by atoms with Crippen molar-refractivity contribution in [1.29, 1.82) is 0 Å². The largest absolute Gasteiger partial charge is 0.330 e. The van der Waals surface area contributed by atoms with Crippen LogP contribution >= 0.6 is 0 Å². The zero-order valence-electron chi connectivity index (χ0n) is 30.1. The van der Waals surface area contributed by atoms with Gasteiger partial charge in [0.1, 0.15) is 0 Å². The van der Waals surface area contributed by atoms with Crippen LogP contribution in [0, 0.1) is 5.92 Å². The average molecular weight is 594 g/mol. The predicted octanol–water partition coefficient (Wildman–Crippen LogP) is 11.8. The maximum absolute atomic E-state index is 6.17. The fourth-order valence-corrected chi connectivity index (χ4v) is 6.53. The van der Waals surface area contributed by atoms with Gasteiger partial charge in [-0.3, -0.25) is 0 Å². The number of rotatable bonds is 36. The summed E-state index contributed by atoms with van der Waals surface area (Å²) in [5.41, 5.74) is 6.17. The van der Waals surface area contributed by atoms with E-state index in [1.807, 2.05) is 0 Å². The fraction of sp³-hybridized carbons (Fsp3) is 1.00. The van der Waals surface area contributed by atoms with E-state index in [0.717, 1.165) is 12.5 Å². The van der Waals surface area contributed by atoms with Crippen molar-refractivity contribution in [3.05, 3.63) is 0 Å². The van der Waals surface area contributed by atoms with Crippen LogP contribution in [-0.4, -0.2) is 55.6 Å². The molecule has 0 heterocycles. The van der Waals surface area contributed by atoms with E-state index < -0.39 is 0 Å². The van der Waals surface area contributed by atoms with Gasteiger partial charge in [0.2, 0.25) is 0 Å². The van der Waals surface area contributed by atoms with Crippen LogP contribution in [0.1, 0.15) is 201 Å². The Hall–Kier alpha value is -0.120. The Labute approximate surface area is 267 Å². The highest BCUT2D eigenvalue weighted by Crippen LogP contribution is 2.18. The van der Waals surface area contributed by atoms with Gasteiger partial charge in [-0.05, 0) is 96.7 Å². The average Bonchev–Trinajstić information content (AvgIpc) is 3.00. The molecule has 0 rings (SSSR count). The Morgan fingerprint density at radius 2 is 0.595 bits per heavy atom. The summed E-state index contributed by atoms with van der Waals surface area (Å²) in [6.07, 6.45) is 37.7. The third-order valence-corrected chi connectivity index (χ3v) is 9.59. The quantitative estimate of drug-likeness (QED) is 0.0733. The molecule has 3 nitrogen and oxygen atoms in total. The summed E-state index contributed by atoms with van der Waals surface area (Å²) in [5, 5.41) is 0. The van der Waals surface area contributed by atoms with Crippen LogP contribution in [0.15, 0.2) is 0 Å². The molecule has 0 atom stereocenters. The van der Waals surface area contributed by atoms with E-state index in [0.29, 0.717) is 0 Å². The van der Waals surface area contributed by atoms with E-state index in [9.17, 15) is 0 Å². The van der Waals surface area contributed by atoms with Gasteiger partial charge < -0.3 is 15.5 Å². The summed E-state index contributed by atoms with van der Waals surface area (Å²) in [6.45, 7) is 18.0. The third kappa shape index (κ3) is 29.9. The zero-order valence-corrected chi connectivity index (χ0v) is 30.1. The van der Waals surface area contributed by atoms with Crippen molar-refractivity contribution in [1.82, 2.24) is 9.80 Å². The van der Waals surface area contributed by atoms with Crippen molar-refractivity contribution in [3.63, 3.8) is 0 Å². The van der Waals surface area contributed by atoms with Crippen LogP contribution in [0.4, 0.5) is 0 Å². The second-order valence-corrected chi connectivity index (χ2v) is 13.8. The molecule has 0 aromatic carbocycles. The van der Waals surface area contributed by atoms with Gasteiger partial charge in [-0.2, -0.15) is 0 Å². The van der Waals surface area contributed by atoms with E-state index in [1.54, 1.807) is 0 Å². The van der Waals surface area contributed by atoms with Crippen LogP contribution < -0.4 is 5.73 Å². The fourth-order valence-electron chi connectivity index (χ4n) is 6.53. The molecule has 0 aliphatic carbocycles. The number of hydrogen-bond acceptors (Lipinski definition) is 3. The second kappa shape index (κ2) is 35.4. The maximum atomic E-state index is 6.17. The molecule has 254 valence electrons. The molecule has 0 saturated heterocycles. The molecule has 0 fully saturated rings. The van der Waals surface area contributed by atoms with Gasteiger partial charge >= 0.3 is 0 Å². The Bertz CT molecular complexity index is 410. The van der Waals surface area contributed by atoms with E-state index in [2.05, 4.69) is 37.5 Å². The summed E-state index contributed by atoms with van der Waals surface area (Å²) >= 11 is 0. The van der Waals surface area contributed by atoms with Crippen LogP contribution in [0.5, 0.6) is 0 Å². The number of unbranched alkanes of at least 4 members (excludes halogenated alkanes) is 20. The Balaban J connectivity index is 4.75. The van der Waals surface area contributed by atoms with E-state index in [4.69, 9.17) is 5.73 Å². The van der Waals surface area contributed by atoms with Gasteiger partial charge in [0.15, 0.2) is 0 Å². The monoisotopic (exact) mass is 594 g/mol. The molecule has 42 heavy (non-hydrogen) atoms. The lowest BCUT2D eigenvalue weighted by molar-refractivity contribution is 0.209. The van der Waals surface area contributed by atoms with Crippen molar-refractivity contribution < 1.29 is 0 Å². The van der Waals surface area contributed by atoms with Gasteiger partial charge in [-0.25, -0.2) is 0 Å². The Morgan fingerprint density at radius 3 is 0.857 bits per heavy atom. The molecular formula is C39H83N3. The molecule has 0 aliphatic rings. The first-order valence-corrected chi connectivity index (χ1v) is 19.9. The minimum absolute atomic E-state index is 0.795. The minimum atomic E-state index is 0.795. The molecule has 0 aromatic heterocycles. The second-order valence-electron chi connectivity index (χ2n) is 13.8. The van der Waals surface area contributed by atoms with Crippen molar-refractivity contribution in [2.45, 2.75) is 201 Å². The zero-order chi connectivity index (χ0) is 30.8. The Morgan fingerprint density at radius 1 is 0.333 bits per heavy atom. The van der Waals surface area contributed by atoms with Crippen LogP contribution in [0.2, 0.25) is 0 Å². The molecule has 0 aromatic rings. The first-order valence-electron chi connectivity index (χ1n) is 19.9. The highest BCUT2D eigenvalue weighted by molar-refractivity contribution is 4.69. The third-order valence-electron chi connectivity index (χ3n) is 9.59. The summed E-state index contributed by atoms with van der Waals surface area (Å²) in [4.78, 5) is 5.68. The highest BCUT2D eigenvalue weighted by atomic mass is 15.1. The normalized spacial score (nSPS) is 12.0. The van der Waals surface area contributed by atoms with Crippen LogP contribution in [-0.2, 0) is 0 Å². The molecule has 2 N–H and O–H groups in total. The van der Waals surface area contributed by atoms with Crippen LogP contribution in [0.3, 0.4) is 0 Å². The van der Waals surface area contributed by atoms with E-state index >= 15 is 0 Å². The van der Waals surface area contributed by atoms with E-state index in [1.165, 1.54) is 213 Å². The molecule has 3 heteroatoms. The molecule has 0 radical (unpaired) electrons. The first-order chi connectivity index (χ1) is 20.7. The molecule has 0 unspecified atom stereocenters. The Kier molecular flexibility index (Phi) is 35.3. The number of hydrogen-bond donors (Lipinski definition) is 1. The molecule has 0 bridgehead atoms. The SMILES string of the molecule is CCCCCCCCN(CCCCCCCC)CCC(CCN)CCN(CCCCCCCC)CCCCCCCC. The summed E-state index contributed by atoms with van der Waals surface area (Å²) < 4.78 is 0. The van der Waals surface area contributed by atoms with Gasteiger partial charge in [-0.1, -0.05) is 156 Å². The van der Waals surface area contributed by atoms with E-state index in [-0.39, 0.29) is 0 Å². The van der Waals surface area contributed by atoms with Gasteiger partial charge in [-0.15, -0.1) is 0 Å². The van der Waals surface area contributed by atoms with Gasteiger partial charge in [0.05, 0.1) is 0 Å². The smallest absolute Gasteiger partial charge is 0.00161 e. The lowest BCUT2D eigenvalue weighted by atomic mass is 9.96. The molecular weight excluding hydrogens is 510 g/mol. The van der Waals surface area contributed by atoms with Gasteiger partial charge in [0.25, 0.3) is 0 Å². The highest BCUT2D eigenvalue weighted by Gasteiger charge is 2.14. The summed E-state index contributed by atoms with van der Waals surface area (Å²) in [5.74, 6) is 0.795. The lowest BCUT2D eigenvalue weighted by Gasteiger charge is -2.28. The van der Waals surface area contributed by atoms with Crippen molar-refractivity contribution in [2.75, 3.05) is 45.8 Å². The number of nitrogens with two attached hydrogens (primary N) is 1. The van der Waals surface area contributed by atoms with Crippen LogP contribution in [0.25, 0.3) is 0 Å². The minimum Gasteiger partial charge on any atom is -0.330 e. The maximum Gasteiger partial charge on any atom is -0.00161 e. The summed E-state index contributed by atoms with van der Waals surface area (Å²) in [6, 6.07) is 0. The van der Waals surface area contributed by atoms with Gasteiger partial charge in [0, 0.05) is 0 Å².